The minimum atomic E-state index is -1.97. The number of rotatable bonds is 63. The topological polar surface area (TPSA) is 307 Å². The van der Waals surface area contributed by atoms with Crippen molar-refractivity contribution >= 4 is 5.91 Å². The third-order valence-corrected chi connectivity index (χ3v) is 20.2. The highest BCUT2D eigenvalue weighted by molar-refractivity contribution is 5.76. The number of aliphatic hydroxyl groups excluding tert-OH is 11. The molecule has 17 atom stereocenters. The second kappa shape index (κ2) is 57.4. The van der Waals surface area contributed by atoms with E-state index in [2.05, 4.69) is 19.2 Å². The average Bonchev–Trinajstić information content (AvgIpc) is 0.787. The second-order valence-corrected chi connectivity index (χ2v) is 28.5. The average molecular weight is 1350 g/mol. The van der Waals surface area contributed by atoms with Crippen LogP contribution in [-0.4, -0.2) is 193 Å². The van der Waals surface area contributed by atoms with E-state index in [4.69, 9.17) is 28.4 Å². The first kappa shape index (κ1) is 87.0. The van der Waals surface area contributed by atoms with Gasteiger partial charge in [0, 0.05) is 6.42 Å². The Hall–Kier alpha value is -1.21. The number of unbranched alkanes of at least 4 members (excludes halogenated alkanes) is 47. The number of carbonyl (C=O) groups excluding carboxylic acids is 1. The molecular weight excluding hydrogens is 1200 g/mol. The fourth-order valence-electron chi connectivity index (χ4n) is 13.8. The smallest absolute Gasteiger partial charge is 0.220 e. The van der Waals surface area contributed by atoms with Gasteiger partial charge >= 0.3 is 0 Å². The molecular formula is C75H145NO18. The summed E-state index contributed by atoms with van der Waals surface area (Å²) in [6.45, 7) is 1.87. The van der Waals surface area contributed by atoms with Gasteiger partial charge in [-0.2, -0.15) is 0 Å². The molecule has 19 nitrogen and oxygen atoms in total. The first-order valence-electron chi connectivity index (χ1n) is 39.3. The molecule has 0 aliphatic carbocycles. The molecule has 19 heteroatoms. The van der Waals surface area contributed by atoms with Crippen LogP contribution in [-0.2, 0) is 33.2 Å². The molecule has 0 radical (unpaired) electrons. The van der Waals surface area contributed by atoms with E-state index in [1.165, 1.54) is 263 Å². The van der Waals surface area contributed by atoms with E-state index in [0.29, 0.717) is 12.8 Å². The Morgan fingerprint density at radius 1 is 0.340 bits per heavy atom. The monoisotopic (exact) mass is 1350 g/mol. The standard InChI is InChI=1S/C75H145NO18/c1-3-5-7-9-11-13-15-17-19-21-23-25-26-27-28-29-30-31-32-33-34-36-38-40-42-44-46-48-50-52-59(80)58(76-63(81)53-51-49-47-45-43-41-39-37-35-24-22-20-18-16-14-12-10-8-6-4-2)57-89-73-69(87)66(84)71(61(55-78)91-73)94-75-70(88)67(85)72(62(56-79)92-75)93-74-68(86)65(83)64(82)60(54-77)90-74/h58-62,64-75,77-80,82-88H,3-57H2,1-2H3,(H,76,81). The fraction of sp³-hybridized carbons (Fsp3) is 0.987. The van der Waals surface area contributed by atoms with Gasteiger partial charge in [0.1, 0.15) is 73.2 Å². The van der Waals surface area contributed by atoms with E-state index >= 15 is 0 Å². The van der Waals surface area contributed by atoms with Crippen LogP contribution >= 0.6 is 0 Å². The molecule has 3 heterocycles. The summed E-state index contributed by atoms with van der Waals surface area (Å²) in [7, 11) is 0. The van der Waals surface area contributed by atoms with Gasteiger partial charge in [0.25, 0.3) is 0 Å². The van der Waals surface area contributed by atoms with Crippen LogP contribution < -0.4 is 5.32 Å². The van der Waals surface area contributed by atoms with Gasteiger partial charge in [-0.3, -0.25) is 4.79 Å². The van der Waals surface area contributed by atoms with E-state index in [-0.39, 0.29) is 18.9 Å². The minimum absolute atomic E-state index is 0.234. The minimum Gasteiger partial charge on any atom is -0.394 e. The Kier molecular flexibility index (Phi) is 53.1. The number of ether oxygens (including phenoxy) is 6. The lowest BCUT2D eigenvalue weighted by atomic mass is 9.96. The number of nitrogens with one attached hydrogen (secondary N) is 1. The summed E-state index contributed by atoms with van der Waals surface area (Å²) in [6, 6.07) is -0.883. The Morgan fingerprint density at radius 2 is 0.606 bits per heavy atom. The molecule has 3 aliphatic heterocycles. The summed E-state index contributed by atoms with van der Waals surface area (Å²) < 4.78 is 34.5. The molecule has 94 heavy (non-hydrogen) atoms. The van der Waals surface area contributed by atoms with Crippen LogP contribution in [0.25, 0.3) is 0 Å². The summed E-state index contributed by atoms with van der Waals surface area (Å²) in [6.07, 6.45) is 37.6. The van der Waals surface area contributed by atoms with Crippen LogP contribution in [0.15, 0.2) is 0 Å². The molecule has 0 aromatic rings. The van der Waals surface area contributed by atoms with Gasteiger partial charge < -0.3 is 89.9 Å². The molecule has 0 bridgehead atoms. The number of aliphatic hydroxyl groups is 11. The van der Waals surface area contributed by atoms with Crippen molar-refractivity contribution in [3.05, 3.63) is 0 Å². The highest BCUT2D eigenvalue weighted by Gasteiger charge is 2.54. The van der Waals surface area contributed by atoms with Gasteiger partial charge in [-0.15, -0.1) is 0 Å². The van der Waals surface area contributed by atoms with E-state index in [9.17, 15) is 61.0 Å². The lowest BCUT2D eigenvalue weighted by Gasteiger charge is -2.48. The molecule has 558 valence electrons. The molecule has 3 aliphatic rings. The molecule has 3 saturated heterocycles. The van der Waals surface area contributed by atoms with Crippen molar-refractivity contribution in [1.82, 2.24) is 5.32 Å². The number of hydrogen-bond acceptors (Lipinski definition) is 18. The zero-order valence-electron chi connectivity index (χ0n) is 59.5. The Morgan fingerprint density at radius 3 is 0.926 bits per heavy atom. The predicted octanol–water partition coefficient (Wildman–Crippen LogP) is 12.2. The Balaban J connectivity index is 1.37. The lowest BCUT2D eigenvalue weighted by molar-refractivity contribution is -0.379. The first-order valence-corrected chi connectivity index (χ1v) is 39.3. The lowest BCUT2D eigenvalue weighted by Crippen LogP contribution is -2.66. The Bertz CT molecular complexity index is 1700. The summed E-state index contributed by atoms with van der Waals surface area (Å²) >= 11 is 0. The third-order valence-electron chi connectivity index (χ3n) is 20.2. The summed E-state index contributed by atoms with van der Waals surface area (Å²) in [4.78, 5) is 13.5. The molecule has 17 unspecified atom stereocenters. The van der Waals surface area contributed by atoms with Gasteiger partial charge in [-0.05, 0) is 12.8 Å². The predicted molar refractivity (Wildman–Crippen MR) is 370 cm³/mol. The molecule has 0 aromatic heterocycles. The quantitative estimate of drug-likeness (QED) is 0.0252. The first-order chi connectivity index (χ1) is 45.8. The van der Waals surface area contributed by atoms with Crippen LogP contribution in [0.3, 0.4) is 0 Å². The number of hydrogen-bond donors (Lipinski definition) is 12. The van der Waals surface area contributed by atoms with E-state index in [0.717, 1.165) is 44.9 Å². The van der Waals surface area contributed by atoms with Gasteiger partial charge in [0.05, 0.1) is 38.6 Å². The summed E-state index contributed by atoms with van der Waals surface area (Å²) in [5, 5.41) is 121. The van der Waals surface area contributed by atoms with Gasteiger partial charge in [-0.1, -0.05) is 322 Å². The highest BCUT2D eigenvalue weighted by Crippen LogP contribution is 2.33. The van der Waals surface area contributed by atoms with E-state index < -0.39 is 124 Å². The highest BCUT2D eigenvalue weighted by atomic mass is 16.8. The van der Waals surface area contributed by atoms with Crippen molar-refractivity contribution in [2.75, 3.05) is 26.4 Å². The molecule has 0 saturated carbocycles. The van der Waals surface area contributed by atoms with E-state index in [1.807, 2.05) is 0 Å². The SMILES string of the molecule is CCCCCCCCCCCCCCCCCCCCCCCCCCCCCCCC(O)C(COC1OC(CO)C(OC2OC(CO)C(OC3OC(CO)C(O)C(O)C3O)C(O)C2O)C(O)C1O)NC(=O)CCCCCCCCCCCCCCCCCCCCCC. The van der Waals surface area contributed by atoms with Crippen LogP contribution in [0.1, 0.15) is 341 Å². The summed E-state index contributed by atoms with van der Waals surface area (Å²) in [5.41, 5.74) is 0. The van der Waals surface area contributed by atoms with Crippen molar-refractivity contribution in [2.24, 2.45) is 0 Å². The maximum atomic E-state index is 13.5. The van der Waals surface area contributed by atoms with Crippen molar-refractivity contribution < 1.29 is 89.4 Å². The maximum absolute atomic E-state index is 13.5. The van der Waals surface area contributed by atoms with Crippen LogP contribution in [0, 0.1) is 0 Å². The van der Waals surface area contributed by atoms with Crippen LogP contribution in [0.4, 0.5) is 0 Å². The molecule has 0 spiro atoms. The molecule has 3 fully saturated rings. The third kappa shape index (κ3) is 38.0. The van der Waals surface area contributed by atoms with E-state index in [1.54, 1.807) is 0 Å². The van der Waals surface area contributed by atoms with Gasteiger partial charge in [-0.25, -0.2) is 0 Å². The zero-order chi connectivity index (χ0) is 68.2. The van der Waals surface area contributed by atoms with Gasteiger partial charge in [0.2, 0.25) is 5.91 Å². The largest absolute Gasteiger partial charge is 0.394 e. The number of amides is 1. The van der Waals surface area contributed by atoms with Crippen molar-refractivity contribution in [1.29, 1.82) is 0 Å². The summed E-state index contributed by atoms with van der Waals surface area (Å²) in [5.74, 6) is -0.234. The van der Waals surface area contributed by atoms with Gasteiger partial charge in [0.15, 0.2) is 18.9 Å². The molecule has 0 aromatic carbocycles. The Labute approximate surface area is 570 Å². The molecule has 1 amide bonds. The number of carbonyl (C=O) groups is 1. The van der Waals surface area contributed by atoms with Crippen LogP contribution in [0.2, 0.25) is 0 Å². The van der Waals surface area contributed by atoms with Crippen LogP contribution in [0.5, 0.6) is 0 Å². The van der Waals surface area contributed by atoms with Crippen molar-refractivity contribution in [3.8, 4) is 0 Å². The normalized spacial score (nSPS) is 27.3. The fourth-order valence-corrected chi connectivity index (χ4v) is 13.8. The second-order valence-electron chi connectivity index (χ2n) is 28.5. The molecule has 12 N–H and O–H groups in total. The maximum Gasteiger partial charge on any atom is 0.220 e. The zero-order valence-corrected chi connectivity index (χ0v) is 59.5. The van der Waals surface area contributed by atoms with Crippen molar-refractivity contribution in [3.63, 3.8) is 0 Å². The van der Waals surface area contributed by atoms with Crippen molar-refractivity contribution in [2.45, 2.75) is 446 Å². The molecule has 3 rings (SSSR count).